The van der Waals surface area contributed by atoms with Crippen LogP contribution >= 0.6 is 34.4 Å². The number of anilines is 2. The average molecular weight is 524 g/mol. The number of hydrogen-bond acceptors (Lipinski definition) is 11. The highest BCUT2D eigenvalue weighted by atomic mass is 32.2. The molecule has 13 heteroatoms. The average Bonchev–Trinajstić information content (AvgIpc) is 3.43. The maximum absolute atomic E-state index is 12.9. The van der Waals surface area contributed by atoms with Gasteiger partial charge in [0.25, 0.3) is 5.91 Å². The van der Waals surface area contributed by atoms with Crippen molar-refractivity contribution in [2.24, 2.45) is 0 Å². The van der Waals surface area contributed by atoms with Crippen molar-refractivity contribution >= 4 is 56.5 Å². The summed E-state index contributed by atoms with van der Waals surface area (Å²) in [5.74, 6) is 0.875. The molecular weight excluding hydrogens is 498 g/mol. The van der Waals surface area contributed by atoms with Crippen molar-refractivity contribution in [3.05, 3.63) is 28.8 Å². The minimum absolute atomic E-state index is 0.148. The molecule has 2 aromatic heterocycles. The molecule has 0 radical (unpaired) electrons. The minimum Gasteiger partial charge on any atom is -0.490 e. The molecule has 0 unspecified atom stereocenters. The lowest BCUT2D eigenvalue weighted by Crippen LogP contribution is -2.13. The van der Waals surface area contributed by atoms with E-state index in [1.165, 1.54) is 34.4 Å². The van der Waals surface area contributed by atoms with Crippen LogP contribution in [0.25, 0.3) is 0 Å². The summed E-state index contributed by atoms with van der Waals surface area (Å²) in [5, 5.41) is 16.2. The lowest BCUT2D eigenvalue weighted by molar-refractivity contribution is -0.113. The normalized spacial score (nSPS) is 10.6. The second-order valence-corrected chi connectivity index (χ2v) is 9.62. The number of aryl methyl sites for hydroxylation is 1. The molecule has 0 aliphatic heterocycles. The number of thioether (sulfide) groups is 1. The van der Waals surface area contributed by atoms with Crippen LogP contribution in [0, 0.1) is 6.92 Å². The van der Waals surface area contributed by atoms with Gasteiger partial charge in [0.2, 0.25) is 16.8 Å². The largest absolute Gasteiger partial charge is 0.490 e. The van der Waals surface area contributed by atoms with Gasteiger partial charge in [0.15, 0.2) is 21.0 Å². The van der Waals surface area contributed by atoms with Crippen molar-refractivity contribution in [2.75, 3.05) is 36.2 Å². The van der Waals surface area contributed by atoms with Gasteiger partial charge in [0.1, 0.15) is 0 Å². The van der Waals surface area contributed by atoms with E-state index in [1.807, 2.05) is 33.1 Å². The molecule has 10 nitrogen and oxygen atoms in total. The highest BCUT2D eigenvalue weighted by molar-refractivity contribution is 8.01. The fraction of sp³-hybridized carbons (Fsp3) is 0.381. The monoisotopic (exact) mass is 523 g/mol. The van der Waals surface area contributed by atoms with Crippen molar-refractivity contribution in [3.63, 3.8) is 0 Å². The number of carbonyl (C=O) groups excluding carboxylic acids is 2. The van der Waals surface area contributed by atoms with Crippen LogP contribution in [0.2, 0.25) is 0 Å². The van der Waals surface area contributed by atoms with E-state index in [-0.39, 0.29) is 11.7 Å². The zero-order valence-corrected chi connectivity index (χ0v) is 21.6. The van der Waals surface area contributed by atoms with E-state index in [0.29, 0.717) is 57.2 Å². The zero-order chi connectivity index (χ0) is 24.5. The molecule has 34 heavy (non-hydrogen) atoms. The molecule has 0 bridgehead atoms. The predicted molar refractivity (Wildman–Crippen MR) is 134 cm³/mol. The van der Waals surface area contributed by atoms with Crippen LogP contribution in [-0.4, -0.2) is 52.6 Å². The van der Waals surface area contributed by atoms with Crippen molar-refractivity contribution < 1.29 is 23.8 Å². The van der Waals surface area contributed by atoms with Crippen LogP contribution in [0.15, 0.2) is 21.9 Å². The van der Waals surface area contributed by atoms with E-state index >= 15 is 0 Å². The number of hydrogen-bond donors (Lipinski definition) is 2. The molecule has 0 fully saturated rings. The fourth-order valence-corrected chi connectivity index (χ4v) is 4.95. The van der Waals surface area contributed by atoms with Crippen LogP contribution in [0.5, 0.6) is 17.2 Å². The first kappa shape index (κ1) is 25.7. The molecule has 2 heterocycles. The maximum atomic E-state index is 12.9. The molecule has 2 amide bonds. The number of aromatic nitrogens is 3. The fourth-order valence-electron chi connectivity index (χ4n) is 2.70. The third-order valence-corrected chi connectivity index (χ3v) is 6.84. The first-order chi connectivity index (χ1) is 16.4. The molecule has 0 saturated heterocycles. The third-order valence-electron chi connectivity index (χ3n) is 3.99. The molecule has 1 aromatic carbocycles. The number of nitrogens with one attached hydrogen (secondary N) is 2. The smallest absolute Gasteiger partial charge is 0.257 e. The number of ether oxygens (including phenoxy) is 3. The van der Waals surface area contributed by atoms with Crippen LogP contribution in [0.4, 0.5) is 10.3 Å². The second-order valence-electron chi connectivity index (χ2n) is 6.56. The molecule has 2 N–H and O–H groups in total. The van der Waals surface area contributed by atoms with Gasteiger partial charge in [-0.2, -0.15) is 0 Å². The van der Waals surface area contributed by atoms with E-state index in [9.17, 15) is 9.59 Å². The molecule has 3 aromatic rings. The predicted octanol–water partition coefficient (Wildman–Crippen LogP) is 4.48. The Hall–Kier alpha value is -2.90. The summed E-state index contributed by atoms with van der Waals surface area (Å²) in [7, 11) is 0. The van der Waals surface area contributed by atoms with Gasteiger partial charge in [-0.05, 0) is 39.8 Å². The maximum Gasteiger partial charge on any atom is 0.257 e. The Kier molecular flexibility index (Phi) is 9.48. The molecule has 0 saturated carbocycles. The summed E-state index contributed by atoms with van der Waals surface area (Å²) < 4.78 is 17.6. The van der Waals surface area contributed by atoms with Gasteiger partial charge in [-0.15, -0.1) is 21.5 Å². The Morgan fingerprint density at radius 1 is 0.971 bits per heavy atom. The molecule has 0 spiro atoms. The lowest BCUT2D eigenvalue weighted by atomic mass is 10.1. The Morgan fingerprint density at radius 3 is 2.24 bits per heavy atom. The number of nitrogens with zero attached hydrogens (tertiary/aromatic N) is 3. The van der Waals surface area contributed by atoms with E-state index in [0.717, 1.165) is 5.69 Å². The Labute approximate surface area is 209 Å². The summed E-state index contributed by atoms with van der Waals surface area (Å²) in [6, 6.07) is 3.21. The van der Waals surface area contributed by atoms with Crippen molar-refractivity contribution in [3.8, 4) is 17.2 Å². The topological polar surface area (TPSA) is 125 Å². The quantitative estimate of drug-likeness (QED) is 0.261. The molecule has 0 atom stereocenters. The van der Waals surface area contributed by atoms with E-state index in [1.54, 1.807) is 12.1 Å². The Balaban J connectivity index is 1.64. The number of benzene rings is 1. The van der Waals surface area contributed by atoms with Gasteiger partial charge < -0.3 is 19.5 Å². The highest BCUT2D eigenvalue weighted by Gasteiger charge is 2.19. The van der Waals surface area contributed by atoms with Gasteiger partial charge in [0.05, 0.1) is 31.3 Å². The summed E-state index contributed by atoms with van der Waals surface area (Å²) in [6.07, 6.45) is 0. The van der Waals surface area contributed by atoms with E-state index in [4.69, 9.17) is 14.2 Å². The van der Waals surface area contributed by atoms with E-state index < -0.39 is 5.91 Å². The summed E-state index contributed by atoms with van der Waals surface area (Å²) in [6.45, 7) is 8.66. The van der Waals surface area contributed by atoms with Gasteiger partial charge in [-0.25, -0.2) is 4.98 Å². The molecular formula is C21H25N5O5S3. The van der Waals surface area contributed by atoms with Crippen molar-refractivity contribution in [1.82, 2.24) is 15.2 Å². The summed E-state index contributed by atoms with van der Waals surface area (Å²) in [4.78, 5) is 29.2. The van der Waals surface area contributed by atoms with Gasteiger partial charge in [-0.1, -0.05) is 23.1 Å². The lowest BCUT2D eigenvalue weighted by Gasteiger charge is -2.16. The van der Waals surface area contributed by atoms with Crippen LogP contribution in [0.1, 0.15) is 36.8 Å². The van der Waals surface area contributed by atoms with E-state index in [2.05, 4.69) is 25.8 Å². The highest BCUT2D eigenvalue weighted by Crippen LogP contribution is 2.39. The Bertz CT molecular complexity index is 1110. The first-order valence-electron chi connectivity index (χ1n) is 10.5. The minimum atomic E-state index is -0.394. The standard InChI is InChI=1S/C21H25N5O5S3/c1-5-29-14-8-13(9-15(30-6-2)17(14)31-7-3)18(28)24-20-25-26-21(34-20)33-11-16(27)23-19-22-12(4)10-32-19/h8-10H,5-7,11H2,1-4H3,(H,22,23,27)(H,24,25,28). The van der Waals surface area contributed by atoms with Gasteiger partial charge in [0, 0.05) is 10.9 Å². The molecule has 0 aliphatic carbocycles. The number of thiazole rings is 1. The van der Waals surface area contributed by atoms with Crippen molar-refractivity contribution in [1.29, 1.82) is 0 Å². The number of amides is 2. The first-order valence-corrected chi connectivity index (χ1v) is 13.2. The molecule has 0 aliphatic rings. The number of carbonyl (C=O) groups is 2. The van der Waals surface area contributed by atoms with Crippen molar-refractivity contribution in [2.45, 2.75) is 32.0 Å². The SMILES string of the molecule is CCOc1cc(C(=O)Nc2nnc(SCC(=O)Nc3nc(C)cs3)s2)cc(OCC)c1OCC. The Morgan fingerprint density at radius 2 is 1.65 bits per heavy atom. The number of rotatable bonds is 12. The summed E-state index contributed by atoms with van der Waals surface area (Å²) >= 11 is 3.77. The third kappa shape index (κ3) is 7.05. The van der Waals surface area contributed by atoms with Gasteiger partial charge in [-0.3, -0.25) is 14.9 Å². The zero-order valence-electron chi connectivity index (χ0n) is 19.2. The van der Waals surface area contributed by atoms with Crippen LogP contribution < -0.4 is 24.8 Å². The van der Waals surface area contributed by atoms with Crippen LogP contribution in [0.3, 0.4) is 0 Å². The molecule has 3 rings (SSSR count). The molecule has 182 valence electrons. The van der Waals surface area contributed by atoms with Gasteiger partial charge >= 0.3 is 0 Å². The summed E-state index contributed by atoms with van der Waals surface area (Å²) in [5.41, 5.74) is 1.18. The second kappa shape index (κ2) is 12.5. The van der Waals surface area contributed by atoms with Crippen LogP contribution in [-0.2, 0) is 4.79 Å².